The molecule has 1 heterocycles. The maximum Gasteiger partial charge on any atom is 0.414 e. The third-order valence-electron chi connectivity index (χ3n) is 4.64. The van der Waals surface area contributed by atoms with Crippen molar-refractivity contribution in [2.24, 2.45) is 11.8 Å². The Morgan fingerprint density at radius 3 is 2.22 bits per heavy atom. The van der Waals surface area contributed by atoms with E-state index in [4.69, 9.17) is 0 Å². The van der Waals surface area contributed by atoms with Crippen molar-refractivity contribution in [1.82, 2.24) is 9.80 Å². The van der Waals surface area contributed by atoms with E-state index >= 15 is 0 Å². The molecule has 0 bridgehead atoms. The molecule has 2 aliphatic rings. The Kier molecular flexibility index (Phi) is 5.94. The first kappa shape index (κ1) is 18.5. The SMILES string of the molecule is CC(C)CN(C(=O)CN1CCC(C(O)C(F)(F)F)CC1)C1CC1. The summed E-state index contributed by atoms with van der Waals surface area (Å²) in [6.07, 6.45) is -4.13. The fourth-order valence-electron chi connectivity index (χ4n) is 3.21. The summed E-state index contributed by atoms with van der Waals surface area (Å²) in [5.74, 6) is -0.264. The lowest BCUT2D eigenvalue weighted by molar-refractivity contribution is -0.223. The van der Waals surface area contributed by atoms with Crippen LogP contribution in [0.15, 0.2) is 0 Å². The second-order valence-electron chi connectivity index (χ2n) is 7.27. The minimum atomic E-state index is -4.55. The van der Waals surface area contributed by atoms with Gasteiger partial charge in [-0.15, -0.1) is 0 Å². The summed E-state index contributed by atoms with van der Waals surface area (Å²) in [7, 11) is 0. The van der Waals surface area contributed by atoms with E-state index in [0.717, 1.165) is 19.4 Å². The molecule has 1 atom stereocenters. The second kappa shape index (κ2) is 7.38. The van der Waals surface area contributed by atoms with E-state index in [1.54, 1.807) is 0 Å². The Labute approximate surface area is 135 Å². The van der Waals surface area contributed by atoms with Crippen LogP contribution in [0.25, 0.3) is 0 Å². The zero-order valence-electron chi connectivity index (χ0n) is 13.9. The maximum absolute atomic E-state index is 12.5. The standard InChI is InChI=1S/C16H27F3N2O2/c1-11(2)9-21(13-3-4-13)14(22)10-20-7-5-12(6-8-20)15(23)16(17,18)19/h11-13,15,23H,3-10H2,1-2H3. The first-order chi connectivity index (χ1) is 10.7. The summed E-state index contributed by atoms with van der Waals surface area (Å²) >= 11 is 0. The minimum Gasteiger partial charge on any atom is -0.383 e. The molecule has 0 aromatic heterocycles. The van der Waals surface area contributed by atoms with E-state index in [2.05, 4.69) is 13.8 Å². The van der Waals surface area contributed by atoms with Gasteiger partial charge in [0, 0.05) is 12.6 Å². The molecule has 1 N–H and O–H groups in total. The Balaban J connectivity index is 1.80. The van der Waals surface area contributed by atoms with E-state index in [1.807, 2.05) is 9.80 Å². The van der Waals surface area contributed by atoms with Crippen molar-refractivity contribution in [3.05, 3.63) is 0 Å². The van der Waals surface area contributed by atoms with Gasteiger partial charge in [-0.05, 0) is 50.6 Å². The summed E-state index contributed by atoms with van der Waals surface area (Å²) in [6, 6.07) is 0.356. The molecule has 1 unspecified atom stereocenters. The Hall–Kier alpha value is -0.820. The lowest BCUT2D eigenvalue weighted by atomic mass is 9.91. The molecule has 134 valence electrons. The van der Waals surface area contributed by atoms with Crippen molar-refractivity contribution in [2.75, 3.05) is 26.2 Å². The number of piperidine rings is 1. The van der Waals surface area contributed by atoms with Crippen LogP contribution in [0.3, 0.4) is 0 Å². The van der Waals surface area contributed by atoms with E-state index in [-0.39, 0.29) is 25.3 Å². The number of likely N-dealkylation sites (tertiary alicyclic amines) is 1. The number of aliphatic hydroxyl groups excluding tert-OH is 1. The predicted molar refractivity (Wildman–Crippen MR) is 80.8 cm³/mol. The molecule has 0 aromatic carbocycles. The third kappa shape index (κ3) is 5.35. The van der Waals surface area contributed by atoms with Crippen molar-refractivity contribution in [3.8, 4) is 0 Å². The van der Waals surface area contributed by atoms with Gasteiger partial charge in [-0.1, -0.05) is 13.8 Å². The molecule has 0 aromatic rings. The number of halogens is 3. The number of hydrogen-bond donors (Lipinski definition) is 1. The molecular weight excluding hydrogens is 309 g/mol. The van der Waals surface area contributed by atoms with Crippen LogP contribution in [-0.2, 0) is 4.79 Å². The molecule has 2 fully saturated rings. The van der Waals surface area contributed by atoms with E-state index in [0.29, 0.717) is 25.0 Å². The third-order valence-corrected chi connectivity index (χ3v) is 4.64. The number of rotatable bonds is 6. The number of hydrogen-bond acceptors (Lipinski definition) is 3. The van der Waals surface area contributed by atoms with Gasteiger partial charge < -0.3 is 10.0 Å². The molecule has 2 rings (SSSR count). The maximum atomic E-state index is 12.5. The summed E-state index contributed by atoms with van der Waals surface area (Å²) in [5, 5.41) is 9.33. The largest absolute Gasteiger partial charge is 0.414 e. The Bertz CT molecular complexity index is 403. The van der Waals surface area contributed by atoms with Gasteiger partial charge >= 0.3 is 6.18 Å². The van der Waals surface area contributed by atoms with Gasteiger partial charge in [-0.2, -0.15) is 13.2 Å². The highest BCUT2D eigenvalue weighted by Crippen LogP contribution is 2.32. The topological polar surface area (TPSA) is 43.8 Å². The molecule has 1 amide bonds. The smallest absolute Gasteiger partial charge is 0.383 e. The summed E-state index contributed by atoms with van der Waals surface area (Å²) in [5.41, 5.74) is 0. The molecule has 0 spiro atoms. The van der Waals surface area contributed by atoms with Crippen molar-refractivity contribution >= 4 is 5.91 Å². The predicted octanol–water partition coefficient (Wildman–Crippen LogP) is 2.27. The van der Waals surface area contributed by atoms with Gasteiger partial charge in [0.05, 0.1) is 6.54 Å². The molecule has 1 aliphatic heterocycles. The number of nitrogens with zero attached hydrogens (tertiary/aromatic N) is 2. The van der Waals surface area contributed by atoms with Gasteiger partial charge in [0.25, 0.3) is 0 Å². The van der Waals surface area contributed by atoms with Crippen molar-refractivity contribution < 1.29 is 23.1 Å². The van der Waals surface area contributed by atoms with E-state index in [9.17, 15) is 23.1 Å². The van der Waals surface area contributed by atoms with Crippen LogP contribution in [0, 0.1) is 11.8 Å². The summed E-state index contributed by atoms with van der Waals surface area (Å²) in [6.45, 7) is 6.04. The molecule has 1 aliphatic carbocycles. The first-order valence-corrected chi connectivity index (χ1v) is 8.45. The molecule has 23 heavy (non-hydrogen) atoms. The highest BCUT2D eigenvalue weighted by Gasteiger charge is 2.44. The molecule has 1 saturated carbocycles. The normalized spacial score (nSPS) is 22.4. The monoisotopic (exact) mass is 336 g/mol. The van der Waals surface area contributed by atoms with Crippen LogP contribution in [0.5, 0.6) is 0 Å². The van der Waals surface area contributed by atoms with Crippen LogP contribution in [0.1, 0.15) is 39.5 Å². The molecule has 1 saturated heterocycles. The van der Waals surface area contributed by atoms with Crippen LogP contribution >= 0.6 is 0 Å². The van der Waals surface area contributed by atoms with Gasteiger partial charge in [-0.3, -0.25) is 9.69 Å². The number of amides is 1. The van der Waals surface area contributed by atoms with E-state index < -0.39 is 18.2 Å². The van der Waals surface area contributed by atoms with Crippen LogP contribution in [-0.4, -0.2) is 65.3 Å². The molecule has 7 heteroatoms. The minimum absolute atomic E-state index is 0.0796. The van der Waals surface area contributed by atoms with Crippen LogP contribution < -0.4 is 0 Å². The lowest BCUT2D eigenvalue weighted by Crippen LogP contribution is -2.47. The quantitative estimate of drug-likeness (QED) is 0.809. The van der Waals surface area contributed by atoms with Crippen LogP contribution in [0.2, 0.25) is 0 Å². The molecule has 0 radical (unpaired) electrons. The van der Waals surface area contributed by atoms with Crippen LogP contribution in [0.4, 0.5) is 13.2 Å². The van der Waals surface area contributed by atoms with Gasteiger partial charge in [0.15, 0.2) is 6.10 Å². The number of aliphatic hydroxyl groups is 1. The highest BCUT2D eigenvalue weighted by molar-refractivity contribution is 5.79. The summed E-state index contributed by atoms with van der Waals surface area (Å²) in [4.78, 5) is 16.3. The average molecular weight is 336 g/mol. The fraction of sp³-hybridized carbons (Fsp3) is 0.938. The first-order valence-electron chi connectivity index (χ1n) is 8.45. The number of alkyl halides is 3. The number of carbonyl (C=O) groups is 1. The second-order valence-corrected chi connectivity index (χ2v) is 7.27. The zero-order chi connectivity index (χ0) is 17.2. The molecule has 4 nitrogen and oxygen atoms in total. The lowest BCUT2D eigenvalue weighted by Gasteiger charge is -2.35. The zero-order valence-corrected chi connectivity index (χ0v) is 13.9. The van der Waals surface area contributed by atoms with Crippen molar-refractivity contribution in [1.29, 1.82) is 0 Å². The summed E-state index contributed by atoms with van der Waals surface area (Å²) < 4.78 is 37.6. The van der Waals surface area contributed by atoms with Gasteiger partial charge in [-0.25, -0.2) is 0 Å². The van der Waals surface area contributed by atoms with E-state index in [1.165, 1.54) is 0 Å². The fourth-order valence-corrected chi connectivity index (χ4v) is 3.21. The Morgan fingerprint density at radius 1 is 1.22 bits per heavy atom. The van der Waals surface area contributed by atoms with Gasteiger partial charge in [0.1, 0.15) is 0 Å². The van der Waals surface area contributed by atoms with Gasteiger partial charge in [0.2, 0.25) is 5.91 Å². The molecular formula is C16H27F3N2O2. The number of carbonyl (C=O) groups excluding carboxylic acids is 1. The van der Waals surface area contributed by atoms with Crippen molar-refractivity contribution in [2.45, 2.75) is 57.9 Å². The average Bonchev–Trinajstić information content (AvgIpc) is 3.28. The van der Waals surface area contributed by atoms with Crippen molar-refractivity contribution in [3.63, 3.8) is 0 Å². The highest BCUT2D eigenvalue weighted by atomic mass is 19.4. The Morgan fingerprint density at radius 2 is 1.78 bits per heavy atom.